The van der Waals surface area contributed by atoms with Gasteiger partial charge in [-0.05, 0) is 110 Å². The molecule has 5 aromatic rings. The van der Waals surface area contributed by atoms with E-state index in [-0.39, 0.29) is 17.3 Å². The molecular formula is C42H45ClFN5O5S3. The molecule has 0 bridgehead atoms. The number of piperazine rings is 1. The van der Waals surface area contributed by atoms with Crippen LogP contribution in [0.4, 0.5) is 15.3 Å². The molecule has 0 saturated carbocycles. The molecule has 1 atom stereocenters. The molecule has 0 aliphatic carbocycles. The number of hydrogen-bond acceptors (Lipinski definition) is 10. The van der Waals surface area contributed by atoms with Crippen LogP contribution in [0.3, 0.4) is 0 Å². The van der Waals surface area contributed by atoms with E-state index < -0.39 is 35.9 Å². The molecular weight excluding hydrogens is 805 g/mol. The zero-order chi connectivity index (χ0) is 40.6. The number of halogens is 2. The third-order valence-electron chi connectivity index (χ3n) is 9.67. The molecule has 1 saturated heterocycles. The second-order valence-corrected chi connectivity index (χ2v) is 18.6. The average molecular weight is 851 g/mol. The van der Waals surface area contributed by atoms with Gasteiger partial charge in [0.15, 0.2) is 0 Å². The highest BCUT2D eigenvalue weighted by Gasteiger charge is 2.26. The Hall–Kier alpha value is -4.44. The fraction of sp³-hybridized carbons (Fsp3) is 0.262. The first kappa shape index (κ1) is 42.2. The minimum absolute atomic E-state index is 0.0700. The molecule has 1 fully saturated rings. The summed E-state index contributed by atoms with van der Waals surface area (Å²) in [6.07, 6.45) is 0.602. The standard InChI is InChI=1S/C42H45ClFN5O5S3/c1-47(2)23-22-35(30-55-37-9-4-3-5-10-37)45-40-21-20-38(28-41(40)56(44,51)52)57(53,54)46-42(50)32-14-18-36(19-15-32)49-26-24-48(25-27-49)29-33-8-6-7-11-39(33)31-12-16-34(43)17-13-31/h3-21,28,35,45H,22-27,29-30H2,1-2H3,(H,46,50)/t35-/m1/s1. The SMILES string of the molecule is CN(C)CC[C@H](CSc1ccccc1)Nc1ccc(S(=O)(=O)NC(=O)c2ccc(N3CCN(Cc4ccccc4-c4ccc(Cl)cc4)CC3)cc2)cc1S(=O)(=O)F. The van der Waals surface area contributed by atoms with Gasteiger partial charge >= 0.3 is 10.2 Å². The summed E-state index contributed by atoms with van der Waals surface area (Å²) in [5, 5.41) is 3.82. The van der Waals surface area contributed by atoms with E-state index in [1.807, 2.05) is 90.4 Å². The fourth-order valence-electron chi connectivity index (χ4n) is 6.57. The highest BCUT2D eigenvalue weighted by atomic mass is 35.5. The van der Waals surface area contributed by atoms with Crippen molar-refractivity contribution >= 4 is 60.9 Å². The van der Waals surface area contributed by atoms with Crippen LogP contribution in [-0.2, 0) is 26.8 Å². The van der Waals surface area contributed by atoms with Crippen molar-refractivity contribution < 1.29 is 25.5 Å². The number of nitrogens with zero attached hydrogens (tertiary/aromatic N) is 3. The van der Waals surface area contributed by atoms with Gasteiger partial charge in [0.2, 0.25) is 0 Å². The molecule has 0 spiro atoms. The number of carbonyl (C=O) groups is 1. The van der Waals surface area contributed by atoms with Gasteiger partial charge in [-0.3, -0.25) is 9.69 Å². The molecule has 6 rings (SSSR count). The molecule has 1 amide bonds. The lowest BCUT2D eigenvalue weighted by Crippen LogP contribution is -2.46. The normalized spacial score (nSPS) is 14.4. The lowest BCUT2D eigenvalue weighted by atomic mass is 9.99. The van der Waals surface area contributed by atoms with Crippen LogP contribution in [0.2, 0.25) is 5.02 Å². The van der Waals surface area contributed by atoms with Gasteiger partial charge < -0.3 is 15.1 Å². The average Bonchev–Trinajstić information content (AvgIpc) is 3.19. The van der Waals surface area contributed by atoms with Gasteiger partial charge in [0.05, 0.1) is 10.6 Å². The number of thioether (sulfide) groups is 1. The van der Waals surface area contributed by atoms with Crippen LogP contribution in [-0.4, -0.2) is 91.2 Å². The largest absolute Gasteiger partial charge is 0.380 e. The van der Waals surface area contributed by atoms with E-state index in [0.29, 0.717) is 23.7 Å². The maximum atomic E-state index is 14.7. The Kier molecular flexibility index (Phi) is 14.0. The Morgan fingerprint density at radius 2 is 1.51 bits per heavy atom. The van der Waals surface area contributed by atoms with Crippen molar-refractivity contribution in [2.75, 3.05) is 62.8 Å². The van der Waals surface area contributed by atoms with Gasteiger partial charge in [-0.1, -0.05) is 66.2 Å². The molecule has 5 aromatic carbocycles. The van der Waals surface area contributed by atoms with Crippen LogP contribution in [0, 0.1) is 0 Å². The van der Waals surface area contributed by atoms with E-state index in [9.17, 15) is 25.5 Å². The molecule has 1 aliphatic heterocycles. The van der Waals surface area contributed by atoms with Crippen molar-refractivity contribution in [3.8, 4) is 11.1 Å². The van der Waals surface area contributed by atoms with E-state index in [4.69, 9.17) is 11.6 Å². The van der Waals surface area contributed by atoms with Crippen molar-refractivity contribution in [3.63, 3.8) is 0 Å². The van der Waals surface area contributed by atoms with E-state index in [0.717, 1.165) is 61.0 Å². The maximum absolute atomic E-state index is 14.7. The molecule has 15 heteroatoms. The fourth-order valence-corrected chi connectivity index (χ4v) is 9.42. The summed E-state index contributed by atoms with van der Waals surface area (Å²) < 4.78 is 68.1. The molecule has 300 valence electrons. The van der Waals surface area contributed by atoms with Crippen molar-refractivity contribution in [1.29, 1.82) is 0 Å². The third-order valence-corrected chi connectivity index (χ3v) is 13.3. The predicted molar refractivity (Wildman–Crippen MR) is 228 cm³/mol. The quantitative estimate of drug-likeness (QED) is 0.0758. The van der Waals surface area contributed by atoms with Crippen molar-refractivity contribution in [1.82, 2.24) is 14.5 Å². The molecule has 0 radical (unpaired) electrons. The van der Waals surface area contributed by atoms with Gasteiger partial charge in [-0.25, -0.2) is 13.1 Å². The van der Waals surface area contributed by atoms with E-state index in [1.165, 1.54) is 17.2 Å². The van der Waals surface area contributed by atoms with Gasteiger partial charge in [-0.2, -0.15) is 8.42 Å². The third kappa shape index (κ3) is 11.6. The van der Waals surface area contributed by atoms with Crippen molar-refractivity contribution in [3.05, 3.63) is 137 Å². The van der Waals surface area contributed by atoms with Gasteiger partial charge in [-0.15, -0.1) is 15.6 Å². The first-order valence-corrected chi connectivity index (χ1v) is 22.6. The number of hydrogen-bond donors (Lipinski definition) is 2. The zero-order valence-corrected chi connectivity index (χ0v) is 34.9. The number of rotatable bonds is 16. The van der Waals surface area contributed by atoms with Gasteiger partial charge in [0.1, 0.15) is 4.90 Å². The lowest BCUT2D eigenvalue weighted by Gasteiger charge is -2.36. The predicted octanol–water partition coefficient (Wildman–Crippen LogP) is 7.63. The number of benzene rings is 5. The number of amides is 1. The van der Waals surface area contributed by atoms with Crippen molar-refractivity contribution in [2.45, 2.75) is 33.7 Å². The smallest absolute Gasteiger partial charge is 0.334 e. The van der Waals surface area contributed by atoms with Gasteiger partial charge in [0, 0.05) is 65.7 Å². The summed E-state index contributed by atoms with van der Waals surface area (Å²) in [6, 6.07) is 35.3. The Labute approximate surface area is 344 Å². The second kappa shape index (κ2) is 18.9. The molecule has 1 aliphatic rings. The monoisotopic (exact) mass is 849 g/mol. The molecule has 2 N–H and O–H groups in total. The summed E-state index contributed by atoms with van der Waals surface area (Å²) in [5.74, 6) is -0.366. The van der Waals surface area contributed by atoms with Gasteiger partial charge in [0.25, 0.3) is 15.9 Å². The topological polar surface area (TPSA) is 119 Å². The second-order valence-electron chi connectivity index (χ2n) is 14.1. The van der Waals surface area contributed by atoms with Crippen LogP contribution in [0.15, 0.2) is 136 Å². The highest BCUT2D eigenvalue weighted by molar-refractivity contribution is 7.99. The van der Waals surface area contributed by atoms with E-state index >= 15 is 0 Å². The summed E-state index contributed by atoms with van der Waals surface area (Å²) in [6.45, 7) is 4.63. The van der Waals surface area contributed by atoms with E-state index in [2.05, 4.69) is 27.2 Å². The maximum Gasteiger partial charge on any atom is 0.334 e. The lowest BCUT2D eigenvalue weighted by molar-refractivity contribution is 0.0981. The number of sulfonamides is 1. The first-order valence-electron chi connectivity index (χ1n) is 18.4. The molecule has 10 nitrogen and oxygen atoms in total. The zero-order valence-electron chi connectivity index (χ0n) is 31.6. The molecule has 0 unspecified atom stereocenters. The Balaban J connectivity index is 1.08. The molecule has 57 heavy (non-hydrogen) atoms. The highest BCUT2D eigenvalue weighted by Crippen LogP contribution is 2.30. The van der Waals surface area contributed by atoms with Crippen molar-refractivity contribution in [2.24, 2.45) is 0 Å². The summed E-state index contributed by atoms with van der Waals surface area (Å²) >= 11 is 7.67. The van der Waals surface area contributed by atoms with E-state index in [1.54, 1.807) is 36.0 Å². The Morgan fingerprint density at radius 1 is 0.842 bits per heavy atom. The minimum Gasteiger partial charge on any atom is -0.380 e. The van der Waals surface area contributed by atoms with Crippen LogP contribution >= 0.6 is 23.4 Å². The Morgan fingerprint density at radius 3 is 2.18 bits per heavy atom. The number of carbonyl (C=O) groups excluding carboxylic acids is 1. The van der Waals surface area contributed by atoms with Crippen LogP contribution in [0.5, 0.6) is 0 Å². The van der Waals surface area contributed by atoms with Crippen LogP contribution < -0.4 is 14.9 Å². The minimum atomic E-state index is -5.36. The first-order chi connectivity index (χ1) is 27.2. The summed E-state index contributed by atoms with van der Waals surface area (Å²) in [4.78, 5) is 19.4. The summed E-state index contributed by atoms with van der Waals surface area (Å²) in [7, 11) is -6.12. The molecule has 0 aromatic heterocycles. The number of nitrogens with one attached hydrogen (secondary N) is 2. The van der Waals surface area contributed by atoms with Crippen LogP contribution in [0.25, 0.3) is 11.1 Å². The van der Waals surface area contributed by atoms with Crippen LogP contribution in [0.1, 0.15) is 22.3 Å². The summed E-state index contributed by atoms with van der Waals surface area (Å²) in [5.41, 5.74) is 4.43. The Bertz CT molecular complexity index is 2360. The number of anilines is 2. The molecule has 1 heterocycles.